The minimum absolute atomic E-state index is 0.223. The van der Waals surface area contributed by atoms with E-state index < -0.39 is 5.60 Å². The zero-order valence-corrected chi connectivity index (χ0v) is 14.2. The second kappa shape index (κ2) is 5.60. The number of hydrogen-bond acceptors (Lipinski definition) is 2. The molecule has 1 nitrogen and oxygen atoms in total. The highest BCUT2D eigenvalue weighted by Gasteiger charge is 2.51. The fourth-order valence-electron chi connectivity index (χ4n) is 3.34. The van der Waals surface area contributed by atoms with Gasteiger partial charge < -0.3 is 5.11 Å². The summed E-state index contributed by atoms with van der Waals surface area (Å²) < 4.78 is 0. The van der Waals surface area contributed by atoms with Crippen LogP contribution < -0.4 is 0 Å². The minimum Gasteiger partial charge on any atom is -0.380 e. The van der Waals surface area contributed by atoms with Crippen molar-refractivity contribution in [2.75, 3.05) is 6.26 Å². The van der Waals surface area contributed by atoms with Crippen LogP contribution in [0.1, 0.15) is 31.4 Å². The lowest BCUT2D eigenvalue weighted by Gasteiger charge is -2.40. The first kappa shape index (κ1) is 15.4. The van der Waals surface area contributed by atoms with Crippen LogP contribution in [0.2, 0.25) is 0 Å². The molecule has 1 N–H and O–H groups in total. The first-order valence-corrected chi connectivity index (χ1v) is 8.84. The quantitative estimate of drug-likeness (QED) is 0.795. The molecule has 0 bridgehead atoms. The van der Waals surface area contributed by atoms with Gasteiger partial charge in [-0.05, 0) is 41.5 Å². The molecule has 0 saturated heterocycles. The molecule has 0 heterocycles. The Bertz CT molecular complexity index is 685. The molecular formula is C20H22OS. The van der Waals surface area contributed by atoms with Gasteiger partial charge >= 0.3 is 0 Å². The van der Waals surface area contributed by atoms with E-state index in [1.807, 2.05) is 18.2 Å². The average molecular weight is 310 g/mol. The Morgan fingerprint density at radius 1 is 0.955 bits per heavy atom. The van der Waals surface area contributed by atoms with Crippen molar-refractivity contribution in [1.29, 1.82) is 0 Å². The zero-order chi connectivity index (χ0) is 15.8. The molecule has 0 radical (unpaired) electrons. The Morgan fingerprint density at radius 2 is 1.59 bits per heavy atom. The summed E-state index contributed by atoms with van der Waals surface area (Å²) in [5, 5.41) is 11.7. The van der Waals surface area contributed by atoms with Crippen molar-refractivity contribution in [3.05, 3.63) is 71.8 Å². The molecule has 1 unspecified atom stereocenters. The number of thioether (sulfide) groups is 1. The molecule has 0 fully saturated rings. The summed E-state index contributed by atoms with van der Waals surface area (Å²) in [5.74, 6) is 0. The Kier molecular flexibility index (Phi) is 3.92. The van der Waals surface area contributed by atoms with Crippen molar-refractivity contribution in [3.8, 4) is 0 Å². The molecule has 2 aromatic carbocycles. The van der Waals surface area contributed by atoms with Crippen LogP contribution in [0.15, 0.2) is 65.6 Å². The number of rotatable bonds is 3. The molecule has 0 saturated carbocycles. The summed E-state index contributed by atoms with van der Waals surface area (Å²) >= 11 is 1.72. The Hall–Kier alpha value is -1.51. The number of benzene rings is 2. The molecule has 0 amide bonds. The van der Waals surface area contributed by atoms with Gasteiger partial charge in [0, 0.05) is 10.3 Å². The molecular weight excluding hydrogens is 288 g/mol. The summed E-state index contributed by atoms with van der Waals surface area (Å²) in [4.78, 5) is 1.22. The molecule has 2 aromatic rings. The van der Waals surface area contributed by atoms with E-state index in [1.165, 1.54) is 4.90 Å². The first-order valence-electron chi connectivity index (χ1n) is 7.62. The molecule has 1 atom stereocenters. The maximum absolute atomic E-state index is 11.7. The van der Waals surface area contributed by atoms with Crippen molar-refractivity contribution in [3.63, 3.8) is 0 Å². The number of allylic oxidation sites excluding steroid dienone is 1. The van der Waals surface area contributed by atoms with Crippen LogP contribution in [0, 0.1) is 5.41 Å². The van der Waals surface area contributed by atoms with E-state index in [2.05, 4.69) is 62.6 Å². The molecule has 1 aliphatic carbocycles. The van der Waals surface area contributed by atoms with Gasteiger partial charge in [0.05, 0.1) is 0 Å². The highest BCUT2D eigenvalue weighted by molar-refractivity contribution is 7.98. The predicted molar refractivity (Wildman–Crippen MR) is 94.9 cm³/mol. The third-order valence-corrected chi connectivity index (χ3v) is 5.52. The molecule has 0 spiro atoms. The summed E-state index contributed by atoms with van der Waals surface area (Å²) in [6.07, 6.45) is 5.13. The van der Waals surface area contributed by atoms with E-state index in [0.717, 1.165) is 23.1 Å². The van der Waals surface area contributed by atoms with Crippen molar-refractivity contribution >= 4 is 17.3 Å². The standard InChI is InChI=1S/C20H22OS/c1-19(2)14-13-18(15-7-5-4-6-8-15)20(19,21)16-9-11-17(22-3)12-10-16/h4-13,21H,14H2,1-3H3. The maximum Gasteiger partial charge on any atom is 0.120 e. The Balaban J connectivity index is 2.11. The third kappa shape index (κ3) is 2.31. The largest absolute Gasteiger partial charge is 0.380 e. The summed E-state index contributed by atoms with van der Waals surface area (Å²) in [5.41, 5.74) is 1.92. The molecule has 0 aromatic heterocycles. The fraction of sp³-hybridized carbons (Fsp3) is 0.300. The van der Waals surface area contributed by atoms with Gasteiger partial charge in [0.2, 0.25) is 0 Å². The highest BCUT2D eigenvalue weighted by Crippen LogP contribution is 2.55. The van der Waals surface area contributed by atoms with E-state index >= 15 is 0 Å². The Morgan fingerprint density at radius 3 is 2.18 bits per heavy atom. The fourth-order valence-corrected chi connectivity index (χ4v) is 3.75. The van der Waals surface area contributed by atoms with Crippen molar-refractivity contribution in [1.82, 2.24) is 0 Å². The van der Waals surface area contributed by atoms with Gasteiger partial charge in [-0.25, -0.2) is 0 Å². The van der Waals surface area contributed by atoms with Gasteiger partial charge in [-0.3, -0.25) is 0 Å². The lowest BCUT2D eigenvalue weighted by molar-refractivity contribution is -0.00756. The first-order chi connectivity index (χ1) is 10.5. The van der Waals surface area contributed by atoms with Crippen molar-refractivity contribution in [2.45, 2.75) is 30.8 Å². The van der Waals surface area contributed by atoms with Crippen molar-refractivity contribution in [2.24, 2.45) is 5.41 Å². The zero-order valence-electron chi connectivity index (χ0n) is 13.3. The van der Waals surface area contributed by atoms with Crippen molar-refractivity contribution < 1.29 is 5.11 Å². The topological polar surface area (TPSA) is 20.2 Å². The molecule has 0 aliphatic heterocycles. The normalized spacial score (nSPS) is 23.4. The third-order valence-electron chi connectivity index (χ3n) is 4.78. The second-order valence-electron chi connectivity index (χ2n) is 6.51. The summed E-state index contributed by atoms with van der Waals surface area (Å²) in [7, 11) is 0. The molecule has 114 valence electrons. The second-order valence-corrected chi connectivity index (χ2v) is 7.39. The van der Waals surface area contributed by atoms with Gasteiger partial charge in [0.25, 0.3) is 0 Å². The van der Waals surface area contributed by atoms with Crippen LogP contribution in [-0.4, -0.2) is 11.4 Å². The molecule has 22 heavy (non-hydrogen) atoms. The van der Waals surface area contributed by atoms with Gasteiger partial charge in [-0.15, -0.1) is 11.8 Å². The van der Waals surface area contributed by atoms with Crippen LogP contribution in [0.4, 0.5) is 0 Å². The summed E-state index contributed by atoms with van der Waals surface area (Å²) in [6, 6.07) is 18.5. The highest BCUT2D eigenvalue weighted by atomic mass is 32.2. The predicted octanol–water partition coefficient (Wildman–Crippen LogP) is 5.11. The number of hydrogen-bond donors (Lipinski definition) is 1. The lowest BCUT2D eigenvalue weighted by Crippen LogP contribution is -2.39. The van der Waals surface area contributed by atoms with Crippen LogP contribution in [0.3, 0.4) is 0 Å². The van der Waals surface area contributed by atoms with Crippen LogP contribution in [0.25, 0.3) is 5.57 Å². The minimum atomic E-state index is -0.953. The molecule has 1 aliphatic rings. The Labute approximate surface area is 137 Å². The molecule has 3 rings (SSSR count). The van der Waals surface area contributed by atoms with Crippen LogP contribution in [0.5, 0.6) is 0 Å². The van der Waals surface area contributed by atoms with E-state index in [4.69, 9.17) is 0 Å². The SMILES string of the molecule is CSc1ccc(C2(O)C(c3ccccc3)=CCC2(C)C)cc1. The van der Waals surface area contributed by atoms with E-state index in [-0.39, 0.29) is 5.41 Å². The van der Waals surface area contributed by atoms with Crippen LogP contribution >= 0.6 is 11.8 Å². The number of aliphatic hydroxyl groups is 1. The van der Waals surface area contributed by atoms with E-state index in [9.17, 15) is 5.11 Å². The monoisotopic (exact) mass is 310 g/mol. The molecule has 2 heteroatoms. The lowest BCUT2D eigenvalue weighted by atomic mass is 9.69. The van der Waals surface area contributed by atoms with Gasteiger partial charge in [-0.2, -0.15) is 0 Å². The van der Waals surface area contributed by atoms with Gasteiger partial charge in [0.1, 0.15) is 5.60 Å². The maximum atomic E-state index is 11.7. The smallest absolute Gasteiger partial charge is 0.120 e. The van der Waals surface area contributed by atoms with E-state index in [0.29, 0.717) is 0 Å². The van der Waals surface area contributed by atoms with E-state index in [1.54, 1.807) is 11.8 Å². The van der Waals surface area contributed by atoms with Crippen LogP contribution in [-0.2, 0) is 5.60 Å². The average Bonchev–Trinajstić information content (AvgIpc) is 2.79. The van der Waals surface area contributed by atoms with Gasteiger partial charge in [0.15, 0.2) is 0 Å². The summed E-state index contributed by atoms with van der Waals surface area (Å²) in [6.45, 7) is 4.28. The van der Waals surface area contributed by atoms with Gasteiger partial charge in [-0.1, -0.05) is 62.4 Å².